The Morgan fingerprint density at radius 3 is 2.61 bits per heavy atom. The lowest BCUT2D eigenvalue weighted by Gasteiger charge is -2.12. The van der Waals surface area contributed by atoms with Gasteiger partial charge in [0.25, 0.3) is 0 Å². The number of nitrogens with one attached hydrogen (secondary N) is 1. The normalized spacial score (nSPS) is 10.9. The van der Waals surface area contributed by atoms with Crippen LogP contribution < -0.4 is 5.32 Å². The average Bonchev–Trinajstić information content (AvgIpc) is 2.31. The van der Waals surface area contributed by atoms with Gasteiger partial charge in [-0.2, -0.15) is 0 Å². The zero-order chi connectivity index (χ0) is 13.1. The summed E-state index contributed by atoms with van der Waals surface area (Å²) in [6, 6.07) is 5.76. The molecular weight excluding hydrogens is 267 g/mol. The zero-order valence-corrected chi connectivity index (χ0v) is 12.1. The molecule has 0 spiro atoms. The van der Waals surface area contributed by atoms with E-state index < -0.39 is 0 Å². The summed E-state index contributed by atoms with van der Waals surface area (Å²) < 4.78 is 0. The van der Waals surface area contributed by atoms with Crippen molar-refractivity contribution in [1.29, 1.82) is 0 Å². The molecule has 4 heteroatoms. The third-order valence-electron chi connectivity index (χ3n) is 2.78. The zero-order valence-electron chi connectivity index (χ0n) is 10.6. The second-order valence-electron chi connectivity index (χ2n) is 4.24. The highest BCUT2D eigenvalue weighted by Gasteiger charge is 2.09. The Balaban J connectivity index is 2.63. The lowest BCUT2D eigenvalue weighted by atomic mass is 10.1. The van der Waals surface area contributed by atoms with E-state index in [1.807, 2.05) is 6.07 Å². The minimum absolute atomic E-state index is 0.597. The molecule has 2 aromatic rings. The number of hydrogen-bond donors (Lipinski definition) is 1. The van der Waals surface area contributed by atoms with Crippen LogP contribution in [0.15, 0.2) is 18.2 Å². The first-order valence-corrected chi connectivity index (χ1v) is 6.93. The van der Waals surface area contributed by atoms with Gasteiger partial charge in [0.1, 0.15) is 5.82 Å². The summed E-state index contributed by atoms with van der Waals surface area (Å²) in [5, 5.41) is 5.53. The largest absolute Gasteiger partial charge is 0.370 e. The van der Waals surface area contributed by atoms with Gasteiger partial charge in [-0.1, -0.05) is 36.5 Å². The van der Waals surface area contributed by atoms with E-state index in [1.165, 1.54) is 5.56 Å². The third kappa shape index (κ3) is 2.70. The van der Waals surface area contributed by atoms with E-state index in [-0.39, 0.29) is 0 Å². The lowest BCUT2D eigenvalue weighted by molar-refractivity contribution is 0.916. The summed E-state index contributed by atoms with van der Waals surface area (Å²) in [4.78, 5) is 4.62. The van der Waals surface area contributed by atoms with Crippen LogP contribution in [-0.4, -0.2) is 11.5 Å². The van der Waals surface area contributed by atoms with Gasteiger partial charge in [0.05, 0.1) is 10.5 Å². The number of fused-ring (bicyclic) bond motifs is 1. The number of benzene rings is 1. The molecule has 0 aliphatic rings. The molecule has 2 nitrogen and oxygen atoms in total. The topological polar surface area (TPSA) is 24.9 Å². The first-order valence-electron chi connectivity index (χ1n) is 6.18. The molecule has 96 valence electrons. The molecular formula is C14H16Cl2N2. The third-order valence-corrected chi connectivity index (χ3v) is 3.29. The van der Waals surface area contributed by atoms with Crippen molar-refractivity contribution in [2.75, 3.05) is 11.9 Å². The molecule has 1 heterocycles. The average molecular weight is 283 g/mol. The predicted molar refractivity (Wildman–Crippen MR) is 79.9 cm³/mol. The second kappa shape index (κ2) is 5.77. The van der Waals surface area contributed by atoms with E-state index in [0.717, 1.165) is 36.1 Å². The van der Waals surface area contributed by atoms with Crippen molar-refractivity contribution in [2.24, 2.45) is 0 Å². The van der Waals surface area contributed by atoms with Crippen LogP contribution in [0.25, 0.3) is 10.9 Å². The minimum Gasteiger partial charge on any atom is -0.370 e. The molecule has 1 aromatic heterocycles. The van der Waals surface area contributed by atoms with Crippen molar-refractivity contribution in [3.05, 3.63) is 33.8 Å². The Labute approximate surface area is 117 Å². The summed E-state index contributed by atoms with van der Waals surface area (Å²) in [6.07, 6.45) is 2.08. The Morgan fingerprint density at radius 2 is 1.94 bits per heavy atom. The molecule has 0 unspecified atom stereocenters. The molecule has 1 N–H and O–H groups in total. The van der Waals surface area contributed by atoms with E-state index in [9.17, 15) is 0 Å². The molecule has 0 atom stereocenters. The number of anilines is 1. The fourth-order valence-corrected chi connectivity index (χ4v) is 2.59. The fraction of sp³-hybridized carbons (Fsp3) is 0.357. The molecule has 0 radical (unpaired) electrons. The Morgan fingerprint density at radius 1 is 1.17 bits per heavy atom. The van der Waals surface area contributed by atoms with Crippen LogP contribution in [0, 0.1) is 0 Å². The Bertz CT molecular complexity index is 567. The Hall–Kier alpha value is -0.990. The molecule has 2 rings (SSSR count). The lowest BCUT2D eigenvalue weighted by Crippen LogP contribution is -2.04. The maximum atomic E-state index is 6.19. The highest BCUT2D eigenvalue weighted by Crippen LogP contribution is 2.30. The van der Waals surface area contributed by atoms with Crippen LogP contribution in [-0.2, 0) is 6.42 Å². The van der Waals surface area contributed by atoms with Crippen molar-refractivity contribution in [3.63, 3.8) is 0 Å². The molecule has 0 saturated heterocycles. The maximum absolute atomic E-state index is 6.19. The van der Waals surface area contributed by atoms with Crippen LogP contribution in [0.5, 0.6) is 0 Å². The van der Waals surface area contributed by atoms with Crippen LogP contribution in [0.1, 0.15) is 25.8 Å². The van der Waals surface area contributed by atoms with Crippen LogP contribution >= 0.6 is 23.2 Å². The molecule has 0 bridgehead atoms. The molecule has 1 aromatic carbocycles. The van der Waals surface area contributed by atoms with Gasteiger partial charge in [-0.05, 0) is 37.1 Å². The van der Waals surface area contributed by atoms with E-state index in [4.69, 9.17) is 23.2 Å². The standard InChI is InChI=1S/C14H16Cl2N2/c1-3-5-9-6-10-7-11(15)8-12(16)13(10)18-14(9)17-4-2/h6-8H,3-5H2,1-2H3,(H,17,18). The van der Waals surface area contributed by atoms with Gasteiger partial charge in [-0.15, -0.1) is 0 Å². The highest BCUT2D eigenvalue weighted by atomic mass is 35.5. The van der Waals surface area contributed by atoms with Gasteiger partial charge in [0, 0.05) is 17.0 Å². The summed E-state index contributed by atoms with van der Waals surface area (Å²) in [6.45, 7) is 5.07. The molecule has 0 saturated carbocycles. The predicted octanol–water partition coefficient (Wildman–Crippen LogP) is 4.93. The summed E-state index contributed by atoms with van der Waals surface area (Å²) >= 11 is 12.2. The molecule has 0 fully saturated rings. The number of halogens is 2. The monoisotopic (exact) mass is 282 g/mol. The summed E-state index contributed by atoms with van der Waals surface area (Å²) in [5.74, 6) is 0.927. The Kier molecular flexibility index (Phi) is 4.31. The van der Waals surface area contributed by atoms with E-state index in [0.29, 0.717) is 10.0 Å². The van der Waals surface area contributed by atoms with Gasteiger partial charge in [0.2, 0.25) is 0 Å². The van der Waals surface area contributed by atoms with Crippen molar-refractivity contribution in [3.8, 4) is 0 Å². The van der Waals surface area contributed by atoms with Crippen LogP contribution in [0.2, 0.25) is 10.0 Å². The van der Waals surface area contributed by atoms with Gasteiger partial charge < -0.3 is 5.32 Å². The fourth-order valence-electron chi connectivity index (χ4n) is 2.03. The van der Waals surface area contributed by atoms with Crippen molar-refractivity contribution < 1.29 is 0 Å². The van der Waals surface area contributed by atoms with Gasteiger partial charge in [-0.3, -0.25) is 0 Å². The minimum atomic E-state index is 0.597. The molecule has 0 aliphatic carbocycles. The summed E-state index contributed by atoms with van der Waals surface area (Å²) in [5.41, 5.74) is 2.02. The van der Waals surface area contributed by atoms with Crippen molar-refractivity contribution in [1.82, 2.24) is 4.98 Å². The second-order valence-corrected chi connectivity index (χ2v) is 5.08. The van der Waals surface area contributed by atoms with Crippen molar-refractivity contribution in [2.45, 2.75) is 26.7 Å². The first kappa shape index (κ1) is 13.4. The van der Waals surface area contributed by atoms with Crippen LogP contribution in [0.3, 0.4) is 0 Å². The maximum Gasteiger partial charge on any atom is 0.129 e. The number of rotatable bonds is 4. The number of hydrogen-bond acceptors (Lipinski definition) is 2. The van der Waals surface area contributed by atoms with Crippen LogP contribution in [0.4, 0.5) is 5.82 Å². The number of nitrogens with zero attached hydrogens (tertiary/aromatic N) is 1. The molecule has 18 heavy (non-hydrogen) atoms. The SMILES string of the molecule is CCCc1cc2cc(Cl)cc(Cl)c2nc1NCC. The highest BCUT2D eigenvalue weighted by molar-refractivity contribution is 6.38. The smallest absolute Gasteiger partial charge is 0.129 e. The van der Waals surface area contributed by atoms with Crippen molar-refractivity contribution >= 4 is 39.9 Å². The van der Waals surface area contributed by atoms with E-state index in [1.54, 1.807) is 6.07 Å². The van der Waals surface area contributed by atoms with E-state index in [2.05, 4.69) is 30.2 Å². The summed E-state index contributed by atoms with van der Waals surface area (Å²) in [7, 11) is 0. The molecule has 0 aliphatic heterocycles. The van der Waals surface area contributed by atoms with Gasteiger partial charge >= 0.3 is 0 Å². The molecule has 0 amide bonds. The number of pyridine rings is 1. The van der Waals surface area contributed by atoms with Gasteiger partial charge in [-0.25, -0.2) is 4.98 Å². The van der Waals surface area contributed by atoms with Gasteiger partial charge in [0.15, 0.2) is 0 Å². The first-order chi connectivity index (χ1) is 8.65. The van der Waals surface area contributed by atoms with E-state index >= 15 is 0 Å². The number of aromatic nitrogens is 1. The number of aryl methyl sites for hydroxylation is 1. The quantitative estimate of drug-likeness (QED) is 0.860.